The number of hydrogen-bond donors (Lipinski definition) is 0. The molecule has 6 nitrogen and oxygen atoms in total. The van der Waals surface area contributed by atoms with Crippen molar-refractivity contribution in [3.63, 3.8) is 0 Å². The Labute approximate surface area is 179 Å². The van der Waals surface area contributed by atoms with E-state index in [1.54, 1.807) is 37.1 Å². The van der Waals surface area contributed by atoms with Crippen LogP contribution in [0.2, 0.25) is 0 Å². The first-order valence-corrected chi connectivity index (χ1v) is 10.2. The SMILES string of the molecule is CCOC(=O)CCN(Cc1ccccc1)C(=O)c1ccc(OCCOC)c(Br)c1. The van der Waals surface area contributed by atoms with E-state index in [1.165, 1.54) is 0 Å². The minimum Gasteiger partial charge on any atom is -0.490 e. The van der Waals surface area contributed by atoms with Crippen LogP contribution in [0.3, 0.4) is 0 Å². The highest BCUT2D eigenvalue weighted by Crippen LogP contribution is 2.27. The van der Waals surface area contributed by atoms with E-state index in [2.05, 4.69) is 15.9 Å². The molecule has 156 valence electrons. The van der Waals surface area contributed by atoms with E-state index in [4.69, 9.17) is 14.2 Å². The van der Waals surface area contributed by atoms with Crippen LogP contribution in [0.15, 0.2) is 53.0 Å². The summed E-state index contributed by atoms with van der Waals surface area (Å²) < 4.78 is 16.3. The number of amides is 1. The number of methoxy groups -OCH3 is 1. The molecule has 1 amide bonds. The van der Waals surface area contributed by atoms with Gasteiger partial charge in [0.15, 0.2) is 0 Å². The van der Waals surface area contributed by atoms with Crippen molar-refractivity contribution >= 4 is 27.8 Å². The number of hydrogen-bond acceptors (Lipinski definition) is 5. The van der Waals surface area contributed by atoms with E-state index < -0.39 is 0 Å². The highest BCUT2D eigenvalue weighted by atomic mass is 79.9. The van der Waals surface area contributed by atoms with E-state index in [1.807, 2.05) is 30.3 Å². The molecule has 0 spiro atoms. The molecule has 0 aromatic heterocycles. The third-order valence-corrected chi connectivity index (χ3v) is 4.74. The fourth-order valence-electron chi connectivity index (χ4n) is 2.68. The molecular weight excluding hydrogens is 438 g/mol. The van der Waals surface area contributed by atoms with E-state index in [0.717, 1.165) is 5.56 Å². The zero-order valence-electron chi connectivity index (χ0n) is 16.7. The molecule has 0 atom stereocenters. The van der Waals surface area contributed by atoms with Gasteiger partial charge in [-0.05, 0) is 46.6 Å². The van der Waals surface area contributed by atoms with Crippen molar-refractivity contribution in [3.8, 4) is 5.75 Å². The molecule has 29 heavy (non-hydrogen) atoms. The molecule has 2 aromatic rings. The molecule has 2 aromatic carbocycles. The highest BCUT2D eigenvalue weighted by Gasteiger charge is 2.19. The lowest BCUT2D eigenvalue weighted by atomic mass is 10.1. The number of ether oxygens (including phenoxy) is 3. The predicted molar refractivity (Wildman–Crippen MR) is 114 cm³/mol. The first-order valence-electron chi connectivity index (χ1n) is 9.45. The lowest BCUT2D eigenvalue weighted by molar-refractivity contribution is -0.143. The summed E-state index contributed by atoms with van der Waals surface area (Å²) in [5.41, 5.74) is 1.50. The smallest absolute Gasteiger partial charge is 0.307 e. The van der Waals surface area contributed by atoms with E-state index in [0.29, 0.717) is 42.2 Å². The summed E-state index contributed by atoms with van der Waals surface area (Å²) in [6.45, 7) is 3.66. The Morgan fingerprint density at radius 2 is 1.83 bits per heavy atom. The number of rotatable bonds is 11. The van der Waals surface area contributed by atoms with Gasteiger partial charge in [0.2, 0.25) is 0 Å². The summed E-state index contributed by atoms with van der Waals surface area (Å²) in [6.07, 6.45) is 0.145. The maximum Gasteiger partial charge on any atom is 0.307 e. The van der Waals surface area contributed by atoms with Gasteiger partial charge in [-0.3, -0.25) is 9.59 Å². The Hall–Kier alpha value is -2.38. The van der Waals surface area contributed by atoms with Crippen molar-refractivity contribution in [3.05, 3.63) is 64.1 Å². The molecule has 0 saturated carbocycles. The third kappa shape index (κ3) is 7.51. The van der Waals surface area contributed by atoms with Crippen molar-refractivity contribution in [1.82, 2.24) is 4.90 Å². The summed E-state index contributed by atoms with van der Waals surface area (Å²) in [5.74, 6) is 0.156. The van der Waals surface area contributed by atoms with Crippen LogP contribution >= 0.6 is 15.9 Å². The highest BCUT2D eigenvalue weighted by molar-refractivity contribution is 9.10. The van der Waals surface area contributed by atoms with Crippen LogP contribution in [0.5, 0.6) is 5.75 Å². The molecule has 0 aliphatic carbocycles. The molecule has 0 bridgehead atoms. The third-order valence-electron chi connectivity index (χ3n) is 4.12. The average molecular weight is 464 g/mol. The van der Waals surface area contributed by atoms with E-state index >= 15 is 0 Å². The summed E-state index contributed by atoms with van der Waals surface area (Å²) >= 11 is 3.46. The minimum atomic E-state index is -0.318. The standard InChI is InChI=1S/C22H26BrNO5/c1-3-28-21(25)11-12-24(16-17-7-5-4-6-8-17)22(26)18-9-10-20(19(23)15-18)29-14-13-27-2/h4-10,15H,3,11-14,16H2,1-2H3. The van der Waals surface area contributed by atoms with E-state index in [9.17, 15) is 9.59 Å². The average Bonchev–Trinajstić information content (AvgIpc) is 2.73. The van der Waals surface area contributed by atoms with Crippen LogP contribution in [-0.2, 0) is 20.8 Å². The van der Waals surface area contributed by atoms with Gasteiger partial charge in [0.1, 0.15) is 12.4 Å². The Kier molecular flexibility index (Phi) is 9.67. The maximum absolute atomic E-state index is 13.1. The number of benzene rings is 2. The molecule has 2 rings (SSSR count). The van der Waals surface area contributed by atoms with Crippen LogP contribution in [0, 0.1) is 0 Å². The second kappa shape index (κ2) is 12.2. The quantitative estimate of drug-likeness (QED) is 0.371. The van der Waals surface area contributed by atoms with Gasteiger partial charge in [-0.1, -0.05) is 30.3 Å². The monoisotopic (exact) mass is 463 g/mol. The molecule has 0 unspecified atom stereocenters. The van der Waals surface area contributed by atoms with Gasteiger partial charge in [-0.25, -0.2) is 0 Å². The summed E-state index contributed by atoms with van der Waals surface area (Å²) in [5, 5.41) is 0. The molecule has 0 heterocycles. The lowest BCUT2D eigenvalue weighted by Gasteiger charge is -2.23. The van der Waals surface area contributed by atoms with Crippen molar-refractivity contribution in [2.24, 2.45) is 0 Å². The summed E-state index contributed by atoms with van der Waals surface area (Å²) in [6, 6.07) is 14.9. The number of esters is 1. The van der Waals surface area contributed by atoms with Gasteiger partial charge in [0, 0.05) is 25.8 Å². The molecule has 0 saturated heterocycles. The minimum absolute atomic E-state index is 0.145. The lowest BCUT2D eigenvalue weighted by Crippen LogP contribution is -2.33. The zero-order chi connectivity index (χ0) is 21.1. The van der Waals surface area contributed by atoms with Gasteiger partial charge in [-0.15, -0.1) is 0 Å². The number of carbonyl (C=O) groups excluding carboxylic acids is 2. The molecule has 7 heteroatoms. The van der Waals surface area contributed by atoms with Crippen LogP contribution in [-0.4, -0.2) is 50.3 Å². The Balaban J connectivity index is 2.14. The van der Waals surface area contributed by atoms with Crippen LogP contribution in [0.1, 0.15) is 29.3 Å². The summed E-state index contributed by atoms with van der Waals surface area (Å²) in [4.78, 5) is 26.6. The van der Waals surface area contributed by atoms with Crippen molar-refractivity contribution in [1.29, 1.82) is 0 Å². The largest absolute Gasteiger partial charge is 0.490 e. The second-order valence-corrected chi connectivity index (χ2v) is 7.11. The molecule has 0 aliphatic rings. The van der Waals surface area contributed by atoms with Crippen molar-refractivity contribution < 1.29 is 23.8 Å². The number of halogens is 1. The van der Waals surface area contributed by atoms with Crippen molar-refractivity contribution in [2.45, 2.75) is 19.9 Å². The molecule has 0 fully saturated rings. The fourth-order valence-corrected chi connectivity index (χ4v) is 3.18. The molecular formula is C22H26BrNO5. The first kappa shape index (κ1) is 22.9. The number of nitrogens with zero attached hydrogens (tertiary/aromatic N) is 1. The van der Waals surface area contributed by atoms with Gasteiger partial charge in [0.25, 0.3) is 5.91 Å². The molecule has 0 radical (unpaired) electrons. The van der Waals surface area contributed by atoms with Crippen LogP contribution in [0.25, 0.3) is 0 Å². The van der Waals surface area contributed by atoms with Crippen LogP contribution < -0.4 is 4.74 Å². The Morgan fingerprint density at radius 1 is 1.07 bits per heavy atom. The molecule has 0 aliphatic heterocycles. The number of carbonyl (C=O) groups is 2. The Bertz CT molecular complexity index is 797. The molecule has 0 N–H and O–H groups in total. The van der Waals surface area contributed by atoms with Gasteiger partial charge >= 0.3 is 5.97 Å². The topological polar surface area (TPSA) is 65.1 Å². The Morgan fingerprint density at radius 3 is 2.48 bits per heavy atom. The van der Waals surface area contributed by atoms with Crippen molar-refractivity contribution in [2.75, 3.05) is 33.5 Å². The zero-order valence-corrected chi connectivity index (χ0v) is 18.3. The van der Waals surface area contributed by atoms with E-state index in [-0.39, 0.29) is 24.8 Å². The first-order chi connectivity index (χ1) is 14.0. The maximum atomic E-state index is 13.1. The summed E-state index contributed by atoms with van der Waals surface area (Å²) in [7, 11) is 1.61. The fraction of sp³-hybridized carbons (Fsp3) is 0.364. The normalized spacial score (nSPS) is 10.4. The van der Waals surface area contributed by atoms with Gasteiger partial charge in [-0.2, -0.15) is 0 Å². The second-order valence-electron chi connectivity index (χ2n) is 6.25. The van der Waals surface area contributed by atoms with Gasteiger partial charge < -0.3 is 19.1 Å². The predicted octanol–water partition coefficient (Wildman–Crippen LogP) is 4.07. The van der Waals surface area contributed by atoms with Gasteiger partial charge in [0.05, 0.1) is 24.1 Å². The van der Waals surface area contributed by atoms with Crippen LogP contribution in [0.4, 0.5) is 0 Å².